The second-order valence-electron chi connectivity index (χ2n) is 7.07. The predicted molar refractivity (Wildman–Crippen MR) is 97.0 cm³/mol. The number of ether oxygens (including phenoxy) is 1. The van der Waals surface area contributed by atoms with Crippen LogP contribution in [0, 0.1) is 18.3 Å². The zero-order chi connectivity index (χ0) is 15.8. The zero-order valence-corrected chi connectivity index (χ0v) is 16.6. The topological polar surface area (TPSA) is 21.3 Å². The van der Waals surface area contributed by atoms with Crippen LogP contribution in [-0.2, 0) is 4.74 Å². The van der Waals surface area contributed by atoms with Gasteiger partial charge in [0.2, 0.25) is 0 Å². The lowest BCUT2D eigenvalue weighted by atomic mass is 9.64. The number of hydrogen-bond donors (Lipinski definition) is 1. The molecule has 2 rings (SSSR count). The first kappa shape index (κ1) is 17.3. The Morgan fingerprint density at radius 2 is 1.86 bits per heavy atom. The first-order valence-corrected chi connectivity index (χ1v) is 9.14. The molecule has 1 aliphatic rings. The van der Waals surface area contributed by atoms with Crippen molar-refractivity contribution in [1.82, 2.24) is 0 Å². The lowest BCUT2D eigenvalue weighted by molar-refractivity contribution is -0.108. The van der Waals surface area contributed by atoms with E-state index in [0.717, 1.165) is 27.7 Å². The van der Waals surface area contributed by atoms with Crippen molar-refractivity contribution >= 4 is 37.5 Å². The Hall–Kier alpha value is -0.0600. The second-order valence-corrected chi connectivity index (χ2v) is 8.78. The van der Waals surface area contributed by atoms with Gasteiger partial charge >= 0.3 is 0 Å². The summed E-state index contributed by atoms with van der Waals surface area (Å²) < 4.78 is 8.25. The highest BCUT2D eigenvalue weighted by Gasteiger charge is 2.49. The van der Waals surface area contributed by atoms with Crippen LogP contribution in [0.4, 0.5) is 5.69 Å². The van der Waals surface area contributed by atoms with Gasteiger partial charge in [0.05, 0.1) is 11.8 Å². The highest BCUT2D eigenvalue weighted by Crippen LogP contribution is 2.46. The van der Waals surface area contributed by atoms with Gasteiger partial charge in [-0.05, 0) is 68.8 Å². The number of halogens is 2. The van der Waals surface area contributed by atoms with E-state index in [2.05, 4.69) is 83.9 Å². The SMILES string of the molecule is Cc1cc(Br)c(NC2CC(OCC(C)C)C2(C)C)c(Br)c1. The molecule has 0 heterocycles. The minimum absolute atomic E-state index is 0.151. The maximum absolute atomic E-state index is 6.04. The summed E-state index contributed by atoms with van der Waals surface area (Å²) in [6.45, 7) is 11.9. The maximum atomic E-state index is 6.04. The first-order valence-electron chi connectivity index (χ1n) is 7.55. The van der Waals surface area contributed by atoms with Gasteiger partial charge in [-0.3, -0.25) is 0 Å². The minimum Gasteiger partial charge on any atom is -0.380 e. The fourth-order valence-electron chi connectivity index (χ4n) is 2.73. The Morgan fingerprint density at radius 3 is 2.33 bits per heavy atom. The Morgan fingerprint density at radius 1 is 1.29 bits per heavy atom. The standard InChI is InChI=1S/C17H25Br2NO/c1-10(2)9-21-15-8-14(17(15,4)5)20-16-12(18)6-11(3)7-13(16)19/h6-7,10,14-15,20H,8-9H2,1-5H3. The molecule has 0 bridgehead atoms. The number of nitrogens with one attached hydrogen (secondary N) is 1. The fraction of sp³-hybridized carbons (Fsp3) is 0.647. The molecule has 2 nitrogen and oxygen atoms in total. The molecule has 21 heavy (non-hydrogen) atoms. The lowest BCUT2D eigenvalue weighted by Gasteiger charge is -2.52. The maximum Gasteiger partial charge on any atom is 0.0665 e. The van der Waals surface area contributed by atoms with Gasteiger partial charge in [0, 0.05) is 27.0 Å². The average molecular weight is 419 g/mol. The van der Waals surface area contributed by atoms with Crippen molar-refractivity contribution in [3.8, 4) is 0 Å². The van der Waals surface area contributed by atoms with E-state index in [-0.39, 0.29) is 5.41 Å². The van der Waals surface area contributed by atoms with Crippen molar-refractivity contribution in [1.29, 1.82) is 0 Å². The van der Waals surface area contributed by atoms with Crippen LogP contribution in [0.3, 0.4) is 0 Å². The highest BCUT2D eigenvalue weighted by molar-refractivity contribution is 9.11. The molecule has 0 radical (unpaired) electrons. The summed E-state index contributed by atoms with van der Waals surface area (Å²) in [4.78, 5) is 0. The van der Waals surface area contributed by atoms with Gasteiger partial charge in [0.25, 0.3) is 0 Å². The Bertz CT molecular complexity index is 491. The molecule has 1 aliphatic carbocycles. The molecule has 2 atom stereocenters. The van der Waals surface area contributed by atoms with E-state index in [1.54, 1.807) is 0 Å². The number of aryl methyl sites for hydroxylation is 1. The third kappa shape index (κ3) is 3.83. The third-order valence-corrected chi connectivity index (χ3v) is 5.56. The molecule has 0 saturated heterocycles. The van der Waals surface area contributed by atoms with Crippen molar-refractivity contribution in [3.05, 3.63) is 26.6 Å². The van der Waals surface area contributed by atoms with Gasteiger partial charge in [0.15, 0.2) is 0 Å². The van der Waals surface area contributed by atoms with Gasteiger partial charge in [-0.25, -0.2) is 0 Å². The zero-order valence-electron chi connectivity index (χ0n) is 13.5. The molecular formula is C17H25Br2NO. The number of benzene rings is 1. The van der Waals surface area contributed by atoms with Crippen LogP contribution in [-0.4, -0.2) is 18.8 Å². The minimum atomic E-state index is 0.151. The van der Waals surface area contributed by atoms with Crippen LogP contribution in [0.5, 0.6) is 0 Å². The molecule has 0 aromatic heterocycles. The average Bonchev–Trinajstić information content (AvgIpc) is 2.34. The summed E-state index contributed by atoms with van der Waals surface area (Å²) in [5.74, 6) is 0.591. The van der Waals surface area contributed by atoms with Crippen LogP contribution >= 0.6 is 31.9 Å². The molecule has 0 amide bonds. The molecule has 1 aromatic carbocycles. The monoisotopic (exact) mass is 417 g/mol. The lowest BCUT2D eigenvalue weighted by Crippen LogP contribution is -2.58. The summed E-state index contributed by atoms with van der Waals surface area (Å²) in [6.07, 6.45) is 1.41. The van der Waals surface area contributed by atoms with E-state index in [0.29, 0.717) is 18.1 Å². The van der Waals surface area contributed by atoms with Gasteiger partial charge in [-0.1, -0.05) is 27.7 Å². The van der Waals surface area contributed by atoms with E-state index in [4.69, 9.17) is 4.74 Å². The molecule has 1 fully saturated rings. The molecule has 118 valence electrons. The summed E-state index contributed by atoms with van der Waals surface area (Å²) in [6, 6.07) is 4.72. The molecule has 1 N–H and O–H groups in total. The van der Waals surface area contributed by atoms with Crippen molar-refractivity contribution < 1.29 is 4.74 Å². The fourth-order valence-corrected chi connectivity index (χ4v) is 4.38. The molecule has 1 aromatic rings. The van der Waals surface area contributed by atoms with Gasteiger partial charge in [-0.2, -0.15) is 0 Å². The molecule has 1 saturated carbocycles. The predicted octanol–water partition coefficient (Wildman–Crippen LogP) is 5.77. The van der Waals surface area contributed by atoms with Crippen LogP contribution in [0.2, 0.25) is 0 Å². The highest BCUT2D eigenvalue weighted by atomic mass is 79.9. The van der Waals surface area contributed by atoms with Crippen molar-refractivity contribution in [3.63, 3.8) is 0 Å². The molecule has 4 heteroatoms. The van der Waals surface area contributed by atoms with Crippen LogP contribution in [0.15, 0.2) is 21.1 Å². The summed E-state index contributed by atoms with van der Waals surface area (Å²) in [7, 11) is 0. The van der Waals surface area contributed by atoms with Crippen molar-refractivity contribution in [2.45, 2.75) is 53.2 Å². The Labute approximate surface area is 145 Å². The van der Waals surface area contributed by atoms with Crippen LogP contribution in [0.1, 0.15) is 39.7 Å². The van der Waals surface area contributed by atoms with Gasteiger partial charge in [-0.15, -0.1) is 0 Å². The van der Waals surface area contributed by atoms with Crippen LogP contribution < -0.4 is 5.32 Å². The van der Waals surface area contributed by atoms with E-state index in [1.165, 1.54) is 5.56 Å². The molecule has 2 unspecified atom stereocenters. The molecule has 0 spiro atoms. The third-order valence-electron chi connectivity index (χ3n) is 4.31. The summed E-state index contributed by atoms with van der Waals surface area (Å²) in [5, 5.41) is 3.68. The normalized spacial score (nSPS) is 24.0. The summed E-state index contributed by atoms with van der Waals surface area (Å²) in [5.41, 5.74) is 2.53. The van der Waals surface area contributed by atoms with E-state index in [1.807, 2.05) is 0 Å². The number of rotatable bonds is 5. The second kappa shape index (κ2) is 6.59. The smallest absolute Gasteiger partial charge is 0.0665 e. The summed E-state index contributed by atoms with van der Waals surface area (Å²) >= 11 is 7.32. The van der Waals surface area contributed by atoms with E-state index in [9.17, 15) is 0 Å². The van der Waals surface area contributed by atoms with E-state index >= 15 is 0 Å². The Balaban J connectivity index is 2.03. The van der Waals surface area contributed by atoms with Gasteiger partial charge in [0.1, 0.15) is 0 Å². The van der Waals surface area contributed by atoms with Gasteiger partial charge < -0.3 is 10.1 Å². The largest absolute Gasteiger partial charge is 0.380 e. The first-order chi connectivity index (χ1) is 9.71. The quantitative estimate of drug-likeness (QED) is 0.654. The molecule has 0 aliphatic heterocycles. The number of hydrogen-bond acceptors (Lipinski definition) is 2. The van der Waals surface area contributed by atoms with E-state index < -0.39 is 0 Å². The molecular weight excluding hydrogens is 394 g/mol. The van der Waals surface area contributed by atoms with Crippen molar-refractivity contribution in [2.75, 3.05) is 11.9 Å². The Kier molecular flexibility index (Phi) is 5.43. The number of anilines is 1. The van der Waals surface area contributed by atoms with Crippen LogP contribution in [0.25, 0.3) is 0 Å². The van der Waals surface area contributed by atoms with Crippen molar-refractivity contribution in [2.24, 2.45) is 11.3 Å².